The molecule has 0 aromatic heterocycles. The van der Waals surface area contributed by atoms with Crippen LogP contribution in [0.3, 0.4) is 0 Å². The molecule has 2 aromatic rings. The summed E-state index contributed by atoms with van der Waals surface area (Å²) < 4.78 is 30.9. The van der Waals surface area contributed by atoms with Gasteiger partial charge in [0.15, 0.2) is 23.1 Å². The summed E-state index contributed by atoms with van der Waals surface area (Å²) in [7, 11) is 1.34. The lowest BCUT2D eigenvalue weighted by Crippen LogP contribution is -2.37. The van der Waals surface area contributed by atoms with Crippen LogP contribution in [0.2, 0.25) is 0 Å². The van der Waals surface area contributed by atoms with Gasteiger partial charge in [0.2, 0.25) is 0 Å². The third-order valence-electron chi connectivity index (χ3n) is 6.70. The number of nitrogens with zero attached hydrogens (tertiary/aromatic N) is 2. The Labute approximate surface area is 216 Å². The van der Waals surface area contributed by atoms with E-state index in [1.807, 2.05) is 13.8 Å². The lowest BCUT2D eigenvalue weighted by molar-refractivity contribution is -0.140. The van der Waals surface area contributed by atoms with Crippen molar-refractivity contribution in [3.63, 3.8) is 0 Å². The van der Waals surface area contributed by atoms with Gasteiger partial charge in [-0.25, -0.2) is 4.39 Å². The summed E-state index contributed by atoms with van der Waals surface area (Å²) in [6.07, 6.45) is 2.20. The molecule has 37 heavy (non-hydrogen) atoms. The predicted octanol–water partition coefficient (Wildman–Crippen LogP) is 4.15. The SMILES string of the molecule is CCOc1ccc(C2/C(=C(\O)c3ccc(OC)c(F)c3)C(=O)C(=O)N2CCN2CCCC2)cc1OCC. The number of benzene rings is 2. The molecule has 2 aromatic carbocycles. The number of ether oxygens (including phenoxy) is 3. The zero-order chi connectivity index (χ0) is 26.5. The Morgan fingerprint density at radius 3 is 2.30 bits per heavy atom. The largest absolute Gasteiger partial charge is 0.507 e. The Kier molecular flexibility index (Phi) is 8.33. The van der Waals surface area contributed by atoms with E-state index in [1.165, 1.54) is 24.1 Å². The van der Waals surface area contributed by atoms with Gasteiger partial charge in [-0.3, -0.25) is 9.59 Å². The normalized spacial score (nSPS) is 19.5. The maximum atomic E-state index is 14.5. The van der Waals surface area contributed by atoms with Crippen LogP contribution in [0, 0.1) is 5.82 Å². The van der Waals surface area contributed by atoms with Crippen molar-refractivity contribution in [2.75, 3.05) is 46.5 Å². The standard InChI is InChI=1S/C28H33FN2O6/c1-4-36-22-11-8-18(17-23(22)37-5-2)25-24(26(32)19-9-10-21(35-3)20(29)16-19)27(33)28(34)31(25)15-14-30-12-6-7-13-30/h8-11,16-17,25,32H,4-7,12-15H2,1-3H3/b26-24+. The number of Topliss-reactive ketones (excluding diaryl/α,β-unsaturated/α-hetero) is 1. The maximum absolute atomic E-state index is 14.5. The highest BCUT2D eigenvalue weighted by molar-refractivity contribution is 6.46. The highest BCUT2D eigenvalue weighted by Gasteiger charge is 2.46. The molecule has 1 N–H and O–H groups in total. The van der Waals surface area contributed by atoms with Gasteiger partial charge in [-0.05, 0) is 75.7 Å². The number of aliphatic hydroxyl groups excluding tert-OH is 1. The lowest BCUT2D eigenvalue weighted by Gasteiger charge is -2.28. The summed E-state index contributed by atoms with van der Waals surface area (Å²) in [6.45, 7) is 7.35. The number of rotatable bonds is 10. The van der Waals surface area contributed by atoms with Crippen molar-refractivity contribution < 1.29 is 33.3 Å². The van der Waals surface area contributed by atoms with E-state index in [1.54, 1.807) is 18.2 Å². The quantitative estimate of drug-likeness (QED) is 0.291. The highest BCUT2D eigenvalue weighted by atomic mass is 19.1. The molecule has 0 bridgehead atoms. The van der Waals surface area contributed by atoms with Crippen LogP contribution < -0.4 is 14.2 Å². The molecule has 2 aliphatic heterocycles. The van der Waals surface area contributed by atoms with Gasteiger partial charge in [0.05, 0.1) is 31.9 Å². The second kappa shape index (κ2) is 11.6. The van der Waals surface area contributed by atoms with E-state index in [-0.39, 0.29) is 16.9 Å². The molecule has 1 atom stereocenters. The van der Waals surface area contributed by atoms with E-state index in [4.69, 9.17) is 14.2 Å². The van der Waals surface area contributed by atoms with E-state index in [2.05, 4.69) is 4.90 Å². The van der Waals surface area contributed by atoms with E-state index in [9.17, 15) is 19.1 Å². The van der Waals surface area contributed by atoms with Crippen molar-refractivity contribution in [1.82, 2.24) is 9.80 Å². The first kappa shape index (κ1) is 26.5. The molecule has 1 unspecified atom stereocenters. The minimum Gasteiger partial charge on any atom is -0.507 e. The Balaban J connectivity index is 1.81. The molecule has 0 radical (unpaired) electrons. The third-order valence-corrected chi connectivity index (χ3v) is 6.70. The van der Waals surface area contributed by atoms with Crippen LogP contribution in [0.5, 0.6) is 17.2 Å². The molecular formula is C28H33FN2O6. The van der Waals surface area contributed by atoms with Crippen LogP contribution in [0.4, 0.5) is 4.39 Å². The van der Waals surface area contributed by atoms with Crippen molar-refractivity contribution in [2.24, 2.45) is 0 Å². The molecule has 2 fully saturated rings. The topological polar surface area (TPSA) is 88.5 Å². The minimum absolute atomic E-state index is 0.00651. The summed E-state index contributed by atoms with van der Waals surface area (Å²) in [5.74, 6) is -1.63. The fraction of sp³-hybridized carbons (Fsp3) is 0.429. The van der Waals surface area contributed by atoms with Crippen molar-refractivity contribution in [2.45, 2.75) is 32.7 Å². The summed E-state index contributed by atoms with van der Waals surface area (Å²) >= 11 is 0. The molecule has 1 amide bonds. The number of likely N-dealkylation sites (tertiary alicyclic amines) is 2. The van der Waals surface area contributed by atoms with Crippen molar-refractivity contribution in [1.29, 1.82) is 0 Å². The summed E-state index contributed by atoms with van der Waals surface area (Å²) in [6, 6.07) is 8.26. The number of amides is 1. The zero-order valence-corrected chi connectivity index (χ0v) is 21.5. The molecule has 2 aliphatic rings. The number of carbonyl (C=O) groups is 2. The predicted molar refractivity (Wildman–Crippen MR) is 136 cm³/mol. The molecule has 2 saturated heterocycles. The Morgan fingerprint density at radius 2 is 1.65 bits per heavy atom. The fourth-order valence-corrected chi connectivity index (χ4v) is 4.92. The number of hydrogen-bond acceptors (Lipinski definition) is 7. The number of aliphatic hydroxyl groups is 1. The van der Waals surface area contributed by atoms with Gasteiger partial charge in [0.1, 0.15) is 5.76 Å². The smallest absolute Gasteiger partial charge is 0.295 e. The van der Waals surface area contributed by atoms with E-state index >= 15 is 0 Å². The third kappa shape index (κ3) is 5.41. The van der Waals surface area contributed by atoms with Crippen LogP contribution in [0.15, 0.2) is 42.0 Å². The molecule has 0 aliphatic carbocycles. The fourth-order valence-electron chi connectivity index (χ4n) is 4.92. The van der Waals surface area contributed by atoms with Gasteiger partial charge in [-0.1, -0.05) is 6.07 Å². The second-order valence-corrected chi connectivity index (χ2v) is 8.96. The number of ketones is 1. The van der Waals surface area contributed by atoms with Crippen LogP contribution in [-0.4, -0.2) is 73.1 Å². The first-order valence-electron chi connectivity index (χ1n) is 12.6. The molecule has 2 heterocycles. The average molecular weight is 513 g/mol. The molecule has 4 rings (SSSR count). The number of hydrogen-bond donors (Lipinski definition) is 1. The Bertz CT molecular complexity index is 1190. The maximum Gasteiger partial charge on any atom is 0.295 e. The first-order valence-corrected chi connectivity index (χ1v) is 12.6. The van der Waals surface area contributed by atoms with Gasteiger partial charge in [0, 0.05) is 18.7 Å². The van der Waals surface area contributed by atoms with E-state index in [0.717, 1.165) is 32.0 Å². The molecular weight excluding hydrogens is 479 g/mol. The Morgan fingerprint density at radius 1 is 0.973 bits per heavy atom. The van der Waals surface area contributed by atoms with Gasteiger partial charge >= 0.3 is 0 Å². The van der Waals surface area contributed by atoms with E-state index < -0.39 is 29.3 Å². The van der Waals surface area contributed by atoms with Gasteiger partial charge in [-0.2, -0.15) is 0 Å². The number of halogens is 1. The monoisotopic (exact) mass is 512 g/mol. The number of carbonyl (C=O) groups excluding carboxylic acids is 2. The van der Waals surface area contributed by atoms with E-state index in [0.29, 0.717) is 43.4 Å². The molecule has 0 spiro atoms. The second-order valence-electron chi connectivity index (χ2n) is 8.96. The number of methoxy groups -OCH3 is 1. The van der Waals surface area contributed by atoms with Gasteiger partial charge < -0.3 is 29.1 Å². The summed E-state index contributed by atoms with van der Waals surface area (Å²) in [5, 5.41) is 11.2. The van der Waals surface area contributed by atoms with Crippen LogP contribution >= 0.6 is 0 Å². The summed E-state index contributed by atoms with van der Waals surface area (Å²) in [4.78, 5) is 30.3. The van der Waals surface area contributed by atoms with Crippen LogP contribution in [0.25, 0.3) is 5.76 Å². The van der Waals surface area contributed by atoms with Crippen LogP contribution in [-0.2, 0) is 9.59 Å². The van der Waals surface area contributed by atoms with Crippen molar-refractivity contribution in [3.8, 4) is 17.2 Å². The van der Waals surface area contributed by atoms with Gasteiger partial charge in [0.25, 0.3) is 11.7 Å². The van der Waals surface area contributed by atoms with Gasteiger partial charge in [-0.15, -0.1) is 0 Å². The molecule has 8 nitrogen and oxygen atoms in total. The average Bonchev–Trinajstić information content (AvgIpc) is 3.50. The van der Waals surface area contributed by atoms with Crippen molar-refractivity contribution in [3.05, 3.63) is 58.9 Å². The molecule has 198 valence electrons. The molecule has 0 saturated carbocycles. The van der Waals surface area contributed by atoms with Crippen molar-refractivity contribution >= 4 is 17.4 Å². The molecule has 9 heteroatoms. The first-order chi connectivity index (χ1) is 17.9. The highest BCUT2D eigenvalue weighted by Crippen LogP contribution is 2.42. The minimum atomic E-state index is -0.873. The Hall–Kier alpha value is -3.59. The lowest BCUT2D eigenvalue weighted by atomic mass is 9.95. The summed E-state index contributed by atoms with van der Waals surface area (Å²) in [5.41, 5.74) is 0.572. The zero-order valence-electron chi connectivity index (χ0n) is 21.5. The van der Waals surface area contributed by atoms with Crippen LogP contribution in [0.1, 0.15) is 43.9 Å².